The third-order valence-corrected chi connectivity index (χ3v) is 5.10. The van der Waals surface area contributed by atoms with E-state index in [1.54, 1.807) is 48.5 Å². The van der Waals surface area contributed by atoms with Crippen molar-refractivity contribution < 1.29 is 19.1 Å². The van der Waals surface area contributed by atoms with Crippen molar-refractivity contribution >= 4 is 17.5 Å². The second-order valence-electron chi connectivity index (χ2n) is 7.35. The second-order valence-corrected chi connectivity index (χ2v) is 7.35. The highest BCUT2D eigenvalue weighted by molar-refractivity contribution is 6.06. The molecule has 0 aliphatic rings. The molecule has 0 aromatic heterocycles. The fourth-order valence-corrected chi connectivity index (χ4v) is 3.22. The minimum atomic E-state index is -0.267. The number of anilines is 1. The lowest BCUT2D eigenvalue weighted by atomic mass is 10.1. The predicted molar refractivity (Wildman–Crippen MR) is 125 cm³/mol. The number of benzene rings is 3. The molecule has 0 spiro atoms. The van der Waals surface area contributed by atoms with Gasteiger partial charge in [-0.05, 0) is 60.9 Å². The Morgan fingerprint density at radius 1 is 0.938 bits per heavy atom. The van der Waals surface area contributed by atoms with Crippen LogP contribution >= 0.6 is 0 Å². The topological polar surface area (TPSA) is 76.7 Å². The summed E-state index contributed by atoms with van der Waals surface area (Å²) in [5, 5.41) is 5.76. The first-order valence-electron chi connectivity index (χ1n) is 10.6. The third kappa shape index (κ3) is 6.11. The number of hydrogen-bond acceptors (Lipinski definition) is 4. The summed E-state index contributed by atoms with van der Waals surface area (Å²) in [6.07, 6.45) is 0.984. The highest BCUT2D eigenvalue weighted by Crippen LogP contribution is 2.21. The molecule has 0 aliphatic heterocycles. The van der Waals surface area contributed by atoms with Crippen LogP contribution in [-0.2, 0) is 11.2 Å². The molecule has 0 aliphatic carbocycles. The zero-order valence-corrected chi connectivity index (χ0v) is 18.6. The summed E-state index contributed by atoms with van der Waals surface area (Å²) in [5.41, 5.74) is 3.37. The number of para-hydroxylation sites is 1. The van der Waals surface area contributed by atoms with Crippen molar-refractivity contribution in [1.29, 1.82) is 0 Å². The van der Waals surface area contributed by atoms with Crippen molar-refractivity contribution in [2.75, 3.05) is 19.0 Å². The Balaban J connectivity index is 1.49. The average Bonchev–Trinajstić information content (AvgIpc) is 2.83. The van der Waals surface area contributed by atoms with Crippen LogP contribution in [0.5, 0.6) is 11.5 Å². The molecule has 0 fully saturated rings. The van der Waals surface area contributed by atoms with Gasteiger partial charge in [-0.1, -0.05) is 43.3 Å². The van der Waals surface area contributed by atoms with E-state index in [0.717, 1.165) is 12.0 Å². The number of carbonyl (C=O) groups excluding carboxylic acids is 2. The summed E-state index contributed by atoms with van der Waals surface area (Å²) in [6, 6.07) is 22.0. The predicted octanol–water partition coefficient (Wildman–Crippen LogP) is 4.77. The Morgan fingerprint density at radius 3 is 2.28 bits per heavy atom. The molecular weight excluding hydrogens is 404 g/mol. The monoisotopic (exact) mass is 432 g/mol. The number of hydrogen-bond donors (Lipinski definition) is 2. The van der Waals surface area contributed by atoms with Gasteiger partial charge >= 0.3 is 0 Å². The van der Waals surface area contributed by atoms with E-state index in [4.69, 9.17) is 9.47 Å². The Morgan fingerprint density at radius 2 is 1.62 bits per heavy atom. The van der Waals surface area contributed by atoms with Gasteiger partial charge in [-0.25, -0.2) is 0 Å². The maximum absolute atomic E-state index is 12.5. The summed E-state index contributed by atoms with van der Waals surface area (Å²) < 4.78 is 10.8. The van der Waals surface area contributed by atoms with Gasteiger partial charge < -0.3 is 20.1 Å². The van der Waals surface area contributed by atoms with Crippen LogP contribution in [0.4, 0.5) is 5.69 Å². The smallest absolute Gasteiger partial charge is 0.259 e. The van der Waals surface area contributed by atoms with Crippen LogP contribution in [0.25, 0.3) is 0 Å². The molecular formula is C26H28N2O4. The quantitative estimate of drug-likeness (QED) is 0.511. The molecule has 0 saturated heterocycles. The van der Waals surface area contributed by atoms with Crippen LogP contribution in [0.1, 0.15) is 41.4 Å². The number of rotatable bonds is 9. The molecule has 2 amide bonds. The molecule has 166 valence electrons. The van der Waals surface area contributed by atoms with Crippen molar-refractivity contribution in [3.63, 3.8) is 0 Å². The zero-order valence-electron chi connectivity index (χ0n) is 18.6. The van der Waals surface area contributed by atoms with E-state index >= 15 is 0 Å². The molecule has 0 radical (unpaired) electrons. The average molecular weight is 433 g/mol. The molecule has 0 heterocycles. The fourth-order valence-electron chi connectivity index (χ4n) is 3.22. The Bertz CT molecular complexity index is 1050. The van der Waals surface area contributed by atoms with Crippen molar-refractivity contribution in [3.8, 4) is 11.5 Å². The molecule has 2 N–H and O–H groups in total. The summed E-state index contributed by atoms with van der Waals surface area (Å²) >= 11 is 0. The van der Waals surface area contributed by atoms with E-state index in [0.29, 0.717) is 22.7 Å². The molecule has 6 heteroatoms. The van der Waals surface area contributed by atoms with Crippen molar-refractivity contribution in [2.45, 2.75) is 26.3 Å². The summed E-state index contributed by atoms with van der Waals surface area (Å²) in [6.45, 7) is 3.96. The molecule has 3 aromatic carbocycles. The van der Waals surface area contributed by atoms with E-state index < -0.39 is 0 Å². The molecule has 6 nitrogen and oxygen atoms in total. The number of methoxy groups -OCH3 is 1. The summed E-state index contributed by atoms with van der Waals surface area (Å²) in [4.78, 5) is 24.7. The largest absolute Gasteiger partial charge is 0.496 e. The lowest BCUT2D eigenvalue weighted by molar-refractivity contribution is -0.123. The molecule has 0 bridgehead atoms. The Hall–Kier alpha value is -3.80. The van der Waals surface area contributed by atoms with E-state index in [1.807, 2.05) is 19.1 Å². The van der Waals surface area contributed by atoms with Gasteiger partial charge in [0.05, 0.1) is 18.7 Å². The van der Waals surface area contributed by atoms with Crippen LogP contribution in [0.15, 0.2) is 72.8 Å². The highest BCUT2D eigenvalue weighted by atomic mass is 16.5. The summed E-state index contributed by atoms with van der Waals surface area (Å²) in [5.74, 6) is 0.573. The van der Waals surface area contributed by atoms with Crippen LogP contribution in [0.2, 0.25) is 0 Å². The van der Waals surface area contributed by atoms with E-state index in [-0.39, 0.29) is 24.5 Å². The van der Waals surface area contributed by atoms with Crippen LogP contribution < -0.4 is 20.1 Å². The lowest BCUT2D eigenvalue weighted by Crippen LogP contribution is -2.31. The SMILES string of the molecule is CCc1ccc([C@@H](C)NC(=O)COc2ccc(NC(=O)c3ccccc3OC)cc2)cc1. The van der Waals surface area contributed by atoms with E-state index in [1.165, 1.54) is 12.7 Å². The van der Waals surface area contributed by atoms with E-state index in [9.17, 15) is 9.59 Å². The maximum Gasteiger partial charge on any atom is 0.259 e. The Labute approximate surface area is 188 Å². The van der Waals surface area contributed by atoms with Gasteiger partial charge in [0.25, 0.3) is 11.8 Å². The van der Waals surface area contributed by atoms with Gasteiger partial charge in [0.15, 0.2) is 6.61 Å². The number of nitrogens with one attached hydrogen (secondary N) is 2. The van der Waals surface area contributed by atoms with Gasteiger partial charge in [-0.15, -0.1) is 0 Å². The highest BCUT2D eigenvalue weighted by Gasteiger charge is 2.12. The fraction of sp³-hybridized carbons (Fsp3) is 0.231. The number of ether oxygens (including phenoxy) is 2. The second kappa shape index (κ2) is 11.0. The molecule has 32 heavy (non-hydrogen) atoms. The first-order chi connectivity index (χ1) is 15.5. The zero-order chi connectivity index (χ0) is 22.9. The van der Waals surface area contributed by atoms with Crippen LogP contribution in [-0.4, -0.2) is 25.5 Å². The van der Waals surface area contributed by atoms with Gasteiger partial charge in [-0.2, -0.15) is 0 Å². The van der Waals surface area contributed by atoms with Crippen LogP contribution in [0, 0.1) is 0 Å². The van der Waals surface area contributed by atoms with Crippen molar-refractivity contribution in [1.82, 2.24) is 5.32 Å². The molecule has 0 unspecified atom stereocenters. The minimum Gasteiger partial charge on any atom is -0.496 e. The van der Waals surface area contributed by atoms with Gasteiger partial charge in [0.1, 0.15) is 11.5 Å². The standard InChI is InChI=1S/C26H28N2O4/c1-4-19-9-11-20(12-10-19)18(2)27-25(29)17-32-22-15-13-21(14-16-22)28-26(30)23-7-5-6-8-24(23)31-3/h5-16,18H,4,17H2,1-3H3,(H,27,29)(H,28,30)/t18-/m1/s1. The maximum atomic E-state index is 12.5. The minimum absolute atomic E-state index is 0.0930. The molecule has 3 aromatic rings. The molecule has 3 rings (SSSR count). The number of amides is 2. The van der Waals surface area contributed by atoms with E-state index in [2.05, 4.69) is 29.7 Å². The number of aryl methyl sites for hydroxylation is 1. The van der Waals surface area contributed by atoms with Crippen molar-refractivity contribution in [3.05, 3.63) is 89.5 Å². The molecule has 1 atom stereocenters. The summed E-state index contributed by atoms with van der Waals surface area (Å²) in [7, 11) is 1.52. The van der Waals surface area contributed by atoms with Crippen LogP contribution in [0.3, 0.4) is 0 Å². The lowest BCUT2D eigenvalue weighted by Gasteiger charge is -2.15. The number of carbonyl (C=O) groups is 2. The van der Waals surface area contributed by atoms with Crippen molar-refractivity contribution in [2.24, 2.45) is 0 Å². The normalized spacial score (nSPS) is 11.3. The first kappa shape index (κ1) is 22.9. The Kier molecular flexibility index (Phi) is 7.86. The third-order valence-electron chi connectivity index (χ3n) is 5.10. The van der Waals surface area contributed by atoms with Gasteiger partial charge in [-0.3, -0.25) is 9.59 Å². The van der Waals surface area contributed by atoms with Gasteiger partial charge in [0.2, 0.25) is 0 Å². The van der Waals surface area contributed by atoms with Gasteiger partial charge in [0, 0.05) is 5.69 Å². The first-order valence-corrected chi connectivity index (χ1v) is 10.6. The molecule has 0 saturated carbocycles.